The lowest BCUT2D eigenvalue weighted by Crippen LogP contribution is -2.46. The van der Waals surface area contributed by atoms with Crippen LogP contribution in [0.25, 0.3) is 0 Å². The Morgan fingerprint density at radius 1 is 1.42 bits per heavy atom. The Morgan fingerprint density at radius 3 is 2.58 bits per heavy atom. The number of nitrogens with zero attached hydrogens (tertiary/aromatic N) is 1. The molecule has 2 rings (SSSR count). The molecule has 1 fully saturated rings. The minimum absolute atomic E-state index is 0.194. The van der Waals surface area contributed by atoms with Crippen LogP contribution in [0.15, 0.2) is 24.3 Å². The van der Waals surface area contributed by atoms with Gasteiger partial charge in [-0.25, -0.2) is 0 Å². The predicted octanol–water partition coefficient (Wildman–Crippen LogP) is 2.11. The first-order chi connectivity index (χ1) is 8.89. The molecule has 1 aromatic rings. The first-order valence-electron chi connectivity index (χ1n) is 6.28. The topological polar surface area (TPSA) is 70.3 Å². The molecule has 1 aliphatic rings. The summed E-state index contributed by atoms with van der Waals surface area (Å²) >= 11 is 0. The van der Waals surface area contributed by atoms with E-state index in [0.717, 1.165) is 0 Å². The number of hydrogen-bond acceptors (Lipinski definition) is 4. The third-order valence-electron chi connectivity index (χ3n) is 4.20. The molecule has 4 heteroatoms. The molecular weight excluding hydrogens is 242 g/mol. The normalized spacial score (nSPS) is 26.1. The summed E-state index contributed by atoms with van der Waals surface area (Å²) in [5, 5.41) is 19.7. The van der Waals surface area contributed by atoms with Crippen molar-refractivity contribution >= 4 is 5.97 Å². The fraction of sp³-hybridized carbons (Fsp3) is 0.467. The zero-order chi connectivity index (χ0) is 14.1. The van der Waals surface area contributed by atoms with Gasteiger partial charge in [0.2, 0.25) is 0 Å². The SMILES string of the molecule is CC1(C(C)(O)c2ccc(C#N)cc2)CCOC(=O)C1. The van der Waals surface area contributed by atoms with Gasteiger partial charge in [0.05, 0.1) is 30.3 Å². The van der Waals surface area contributed by atoms with Gasteiger partial charge in [-0.1, -0.05) is 19.1 Å². The first-order valence-corrected chi connectivity index (χ1v) is 6.28. The van der Waals surface area contributed by atoms with Crippen molar-refractivity contribution in [3.05, 3.63) is 35.4 Å². The van der Waals surface area contributed by atoms with Crippen LogP contribution in [-0.2, 0) is 15.1 Å². The highest BCUT2D eigenvalue weighted by molar-refractivity contribution is 5.71. The average Bonchev–Trinajstić information content (AvgIpc) is 2.38. The van der Waals surface area contributed by atoms with Gasteiger partial charge in [0.15, 0.2) is 0 Å². The number of aliphatic hydroxyl groups is 1. The smallest absolute Gasteiger partial charge is 0.306 e. The molecule has 1 heterocycles. The maximum Gasteiger partial charge on any atom is 0.306 e. The first kappa shape index (κ1) is 13.6. The Kier molecular flexibility index (Phi) is 3.34. The van der Waals surface area contributed by atoms with Crippen molar-refractivity contribution in [1.29, 1.82) is 5.26 Å². The van der Waals surface area contributed by atoms with Gasteiger partial charge in [0, 0.05) is 5.41 Å². The van der Waals surface area contributed by atoms with Crippen LogP contribution in [0.5, 0.6) is 0 Å². The monoisotopic (exact) mass is 259 g/mol. The quantitative estimate of drug-likeness (QED) is 0.826. The van der Waals surface area contributed by atoms with Crippen molar-refractivity contribution in [2.75, 3.05) is 6.61 Å². The molecule has 2 atom stereocenters. The van der Waals surface area contributed by atoms with Crippen molar-refractivity contribution in [1.82, 2.24) is 0 Å². The maximum atomic E-state index is 11.5. The van der Waals surface area contributed by atoms with Gasteiger partial charge in [-0.15, -0.1) is 0 Å². The van der Waals surface area contributed by atoms with Crippen LogP contribution >= 0.6 is 0 Å². The van der Waals surface area contributed by atoms with Gasteiger partial charge in [-0.2, -0.15) is 5.26 Å². The molecule has 4 nitrogen and oxygen atoms in total. The van der Waals surface area contributed by atoms with Crippen LogP contribution in [0.3, 0.4) is 0 Å². The third kappa shape index (κ3) is 2.34. The summed E-state index contributed by atoms with van der Waals surface area (Å²) in [5.74, 6) is -0.275. The van der Waals surface area contributed by atoms with Crippen molar-refractivity contribution in [3.8, 4) is 6.07 Å². The molecule has 0 saturated carbocycles. The van der Waals surface area contributed by atoms with Crippen LogP contribution in [-0.4, -0.2) is 17.7 Å². The fourth-order valence-corrected chi connectivity index (χ4v) is 2.48. The number of hydrogen-bond donors (Lipinski definition) is 1. The number of esters is 1. The van der Waals surface area contributed by atoms with E-state index in [4.69, 9.17) is 10.00 Å². The number of rotatable bonds is 2. The Labute approximate surface area is 112 Å². The summed E-state index contributed by atoms with van der Waals surface area (Å²) < 4.78 is 4.95. The summed E-state index contributed by atoms with van der Waals surface area (Å²) in [6.45, 7) is 3.94. The Balaban J connectivity index is 2.34. The molecule has 0 amide bonds. The molecule has 1 aromatic carbocycles. The lowest BCUT2D eigenvalue weighted by molar-refractivity contribution is -0.167. The van der Waals surface area contributed by atoms with E-state index in [2.05, 4.69) is 0 Å². The van der Waals surface area contributed by atoms with E-state index in [0.29, 0.717) is 24.2 Å². The Hall–Kier alpha value is -1.86. The van der Waals surface area contributed by atoms with E-state index in [1.54, 1.807) is 31.2 Å². The molecule has 19 heavy (non-hydrogen) atoms. The van der Waals surface area contributed by atoms with Crippen LogP contribution in [0, 0.1) is 16.7 Å². The number of carbonyl (C=O) groups is 1. The van der Waals surface area contributed by atoms with Gasteiger partial charge < -0.3 is 9.84 Å². The molecule has 0 aliphatic carbocycles. The standard InChI is InChI=1S/C15H17NO3/c1-14(7-8-19-13(17)9-14)15(2,18)12-5-3-11(10-16)4-6-12/h3-6,18H,7-9H2,1-2H3. The minimum Gasteiger partial charge on any atom is -0.466 e. The fourth-order valence-electron chi connectivity index (χ4n) is 2.48. The zero-order valence-corrected chi connectivity index (χ0v) is 11.1. The van der Waals surface area contributed by atoms with Crippen molar-refractivity contribution in [3.63, 3.8) is 0 Å². The van der Waals surface area contributed by atoms with Crippen LogP contribution in [0.2, 0.25) is 0 Å². The Bertz CT molecular complexity index is 527. The molecule has 1 saturated heterocycles. The predicted molar refractivity (Wildman–Crippen MR) is 69.0 cm³/mol. The van der Waals surface area contributed by atoms with E-state index in [9.17, 15) is 9.90 Å². The molecule has 1 aliphatic heterocycles. The summed E-state index contributed by atoms with van der Waals surface area (Å²) in [6.07, 6.45) is 0.811. The van der Waals surface area contributed by atoms with E-state index in [1.807, 2.05) is 13.0 Å². The molecule has 2 unspecified atom stereocenters. The van der Waals surface area contributed by atoms with Gasteiger partial charge in [-0.3, -0.25) is 4.79 Å². The summed E-state index contributed by atoms with van der Waals surface area (Å²) in [5.41, 5.74) is -0.437. The van der Waals surface area contributed by atoms with Crippen LogP contribution in [0.1, 0.15) is 37.8 Å². The molecule has 0 radical (unpaired) electrons. The third-order valence-corrected chi connectivity index (χ3v) is 4.20. The Morgan fingerprint density at radius 2 is 2.05 bits per heavy atom. The van der Waals surface area contributed by atoms with Crippen molar-refractivity contribution in [2.24, 2.45) is 5.41 Å². The van der Waals surface area contributed by atoms with Crippen LogP contribution < -0.4 is 0 Å². The number of benzene rings is 1. The molecular formula is C15H17NO3. The van der Waals surface area contributed by atoms with Gasteiger partial charge in [0.1, 0.15) is 0 Å². The second kappa shape index (κ2) is 4.67. The largest absolute Gasteiger partial charge is 0.466 e. The maximum absolute atomic E-state index is 11.5. The van der Waals surface area contributed by atoms with Gasteiger partial charge in [0.25, 0.3) is 0 Å². The summed E-state index contributed by atoms with van der Waals surface area (Å²) in [4.78, 5) is 11.5. The minimum atomic E-state index is -1.14. The number of carbonyl (C=O) groups excluding carboxylic acids is 1. The second-order valence-electron chi connectivity index (χ2n) is 5.47. The highest BCUT2D eigenvalue weighted by Gasteiger charge is 2.47. The van der Waals surface area contributed by atoms with E-state index >= 15 is 0 Å². The summed E-state index contributed by atoms with van der Waals surface area (Å²) in [7, 11) is 0. The molecule has 0 aromatic heterocycles. The summed E-state index contributed by atoms with van der Waals surface area (Å²) in [6, 6.07) is 8.88. The van der Waals surface area contributed by atoms with Crippen molar-refractivity contribution in [2.45, 2.75) is 32.3 Å². The zero-order valence-electron chi connectivity index (χ0n) is 11.1. The molecule has 100 valence electrons. The lowest BCUT2D eigenvalue weighted by atomic mass is 9.66. The van der Waals surface area contributed by atoms with Gasteiger partial charge in [-0.05, 0) is 31.0 Å². The van der Waals surface area contributed by atoms with E-state index < -0.39 is 11.0 Å². The van der Waals surface area contributed by atoms with E-state index in [-0.39, 0.29) is 12.4 Å². The molecule has 0 spiro atoms. The van der Waals surface area contributed by atoms with Crippen LogP contribution in [0.4, 0.5) is 0 Å². The second-order valence-corrected chi connectivity index (χ2v) is 5.47. The van der Waals surface area contributed by atoms with E-state index in [1.165, 1.54) is 0 Å². The van der Waals surface area contributed by atoms with Crippen molar-refractivity contribution < 1.29 is 14.6 Å². The molecule has 1 N–H and O–H groups in total. The number of nitriles is 1. The highest BCUT2D eigenvalue weighted by Crippen LogP contribution is 2.46. The lowest BCUT2D eigenvalue weighted by Gasteiger charge is -2.44. The average molecular weight is 259 g/mol. The number of cyclic esters (lactones) is 1. The van der Waals surface area contributed by atoms with Gasteiger partial charge >= 0.3 is 5.97 Å². The molecule has 0 bridgehead atoms. The highest BCUT2D eigenvalue weighted by atomic mass is 16.5. The number of ether oxygens (including phenoxy) is 1.